The molecular weight excluding hydrogens is 524 g/mol. The van der Waals surface area contributed by atoms with Gasteiger partial charge in [0.25, 0.3) is 10.0 Å². The molecule has 9 heteroatoms. The van der Waals surface area contributed by atoms with E-state index in [1.54, 1.807) is 48.5 Å². The molecule has 0 saturated heterocycles. The van der Waals surface area contributed by atoms with E-state index >= 15 is 0 Å². The lowest BCUT2D eigenvalue weighted by molar-refractivity contribution is -0.123. The van der Waals surface area contributed by atoms with Crippen molar-refractivity contribution in [1.29, 1.82) is 0 Å². The number of unbranched alkanes of at least 4 members (excludes halogenated alkanes) is 1. The van der Waals surface area contributed by atoms with Crippen molar-refractivity contribution in [3.63, 3.8) is 0 Å². The minimum atomic E-state index is -3.73. The van der Waals surface area contributed by atoms with Crippen LogP contribution in [0.1, 0.15) is 50.7 Å². The van der Waals surface area contributed by atoms with Gasteiger partial charge in [-0.2, -0.15) is 0 Å². The van der Waals surface area contributed by atoms with Gasteiger partial charge in [0.2, 0.25) is 5.91 Å². The number of nitrogens with one attached hydrogen (secondary N) is 4. The van der Waals surface area contributed by atoms with Crippen molar-refractivity contribution >= 4 is 33.3 Å². The number of carbonyl (C=O) groups excluding carboxylic acids is 2. The third-order valence-electron chi connectivity index (χ3n) is 6.74. The third-order valence-corrected chi connectivity index (χ3v) is 8.14. The lowest BCUT2D eigenvalue weighted by atomic mass is 9.99. The minimum Gasteiger partial charge on any atom is -0.354 e. The molecule has 3 amide bonds. The number of rotatable bonds is 14. The maximum atomic E-state index is 13.1. The van der Waals surface area contributed by atoms with Crippen molar-refractivity contribution in [3.05, 3.63) is 90.0 Å². The molecule has 2 atom stereocenters. The van der Waals surface area contributed by atoms with Gasteiger partial charge < -0.3 is 16.0 Å². The Morgan fingerprint density at radius 1 is 0.850 bits per heavy atom. The number of benzene rings is 3. The molecule has 3 rings (SSSR count). The molecule has 1 unspecified atom stereocenters. The number of amides is 3. The molecule has 40 heavy (non-hydrogen) atoms. The highest BCUT2D eigenvalue weighted by molar-refractivity contribution is 7.92. The molecule has 214 valence electrons. The standard InChI is InChI=1S/C31H40N4O4S/c1-4-6-10-24(5-2)22-32-30(36)29(21-25-11-8-7-9-12-25)34-31(37)33-26-15-17-27(18-16-26)35-40(38,39)28-19-13-23(3)14-20-28/h7-9,11-20,24,29,35H,4-6,10,21-22H2,1-3H3,(H,32,36)(H2,33,34,37)/t24?,29-/m1/s1. The highest BCUT2D eigenvalue weighted by atomic mass is 32.2. The number of sulfonamides is 1. The molecule has 0 aromatic heterocycles. The van der Waals surface area contributed by atoms with E-state index in [9.17, 15) is 18.0 Å². The summed E-state index contributed by atoms with van der Waals surface area (Å²) in [5.41, 5.74) is 2.72. The van der Waals surface area contributed by atoms with Gasteiger partial charge in [0.15, 0.2) is 0 Å². The Hall–Kier alpha value is -3.85. The van der Waals surface area contributed by atoms with Gasteiger partial charge in [0, 0.05) is 24.3 Å². The van der Waals surface area contributed by atoms with Crippen molar-refractivity contribution in [1.82, 2.24) is 10.6 Å². The number of carbonyl (C=O) groups is 2. The van der Waals surface area contributed by atoms with Crippen molar-refractivity contribution in [3.8, 4) is 0 Å². The van der Waals surface area contributed by atoms with Gasteiger partial charge in [-0.15, -0.1) is 0 Å². The van der Waals surface area contributed by atoms with Crippen LogP contribution in [0.3, 0.4) is 0 Å². The molecule has 0 spiro atoms. The fourth-order valence-electron chi connectivity index (χ4n) is 4.25. The predicted octanol–water partition coefficient (Wildman–Crippen LogP) is 5.86. The van der Waals surface area contributed by atoms with Gasteiger partial charge in [-0.1, -0.05) is 81.1 Å². The van der Waals surface area contributed by atoms with Gasteiger partial charge in [0.05, 0.1) is 4.90 Å². The van der Waals surface area contributed by atoms with E-state index in [1.165, 1.54) is 0 Å². The summed E-state index contributed by atoms with van der Waals surface area (Å²) in [5, 5.41) is 8.57. The Labute approximate surface area is 238 Å². The molecule has 0 aliphatic carbocycles. The topological polar surface area (TPSA) is 116 Å². The fourth-order valence-corrected chi connectivity index (χ4v) is 5.31. The smallest absolute Gasteiger partial charge is 0.319 e. The molecule has 3 aromatic rings. The first-order valence-corrected chi connectivity index (χ1v) is 15.3. The first-order chi connectivity index (χ1) is 19.2. The van der Waals surface area contributed by atoms with Crippen molar-refractivity contribution in [2.45, 2.75) is 63.8 Å². The molecular formula is C31H40N4O4S. The van der Waals surface area contributed by atoms with Crippen LogP contribution in [0.2, 0.25) is 0 Å². The normalized spacial score (nSPS) is 12.7. The van der Waals surface area contributed by atoms with E-state index in [4.69, 9.17) is 0 Å². The summed E-state index contributed by atoms with van der Waals surface area (Å²) < 4.78 is 27.8. The Morgan fingerprint density at radius 3 is 2.12 bits per heavy atom. The summed E-state index contributed by atoms with van der Waals surface area (Å²) in [7, 11) is -3.73. The largest absolute Gasteiger partial charge is 0.354 e. The van der Waals surface area contributed by atoms with E-state index < -0.39 is 22.1 Å². The molecule has 4 N–H and O–H groups in total. The lowest BCUT2D eigenvalue weighted by Crippen LogP contribution is -2.50. The van der Waals surface area contributed by atoms with E-state index in [0.717, 1.165) is 36.8 Å². The van der Waals surface area contributed by atoms with E-state index in [-0.39, 0.29) is 10.8 Å². The highest BCUT2D eigenvalue weighted by Crippen LogP contribution is 2.19. The van der Waals surface area contributed by atoms with E-state index in [1.807, 2.05) is 37.3 Å². The zero-order chi connectivity index (χ0) is 29.0. The van der Waals surface area contributed by atoms with Gasteiger partial charge in [-0.05, 0) is 61.2 Å². The van der Waals surface area contributed by atoms with Gasteiger partial charge in [-0.3, -0.25) is 9.52 Å². The monoisotopic (exact) mass is 564 g/mol. The number of urea groups is 1. The second-order valence-corrected chi connectivity index (χ2v) is 11.7. The number of aryl methyl sites for hydroxylation is 1. The van der Waals surface area contributed by atoms with E-state index in [2.05, 4.69) is 34.5 Å². The van der Waals surface area contributed by atoms with Crippen molar-refractivity contribution < 1.29 is 18.0 Å². The van der Waals surface area contributed by atoms with Gasteiger partial charge >= 0.3 is 6.03 Å². The molecule has 0 fully saturated rings. The van der Waals surface area contributed by atoms with Crippen LogP contribution in [-0.2, 0) is 21.2 Å². The molecule has 0 aliphatic heterocycles. The second-order valence-electron chi connectivity index (χ2n) is 10.00. The van der Waals surface area contributed by atoms with Crippen LogP contribution in [0.4, 0.5) is 16.2 Å². The Morgan fingerprint density at radius 2 is 1.50 bits per heavy atom. The first kappa shape index (κ1) is 30.7. The van der Waals surface area contributed by atoms with Crippen LogP contribution in [0.15, 0.2) is 83.8 Å². The Kier molecular flexibility index (Phi) is 11.6. The lowest BCUT2D eigenvalue weighted by Gasteiger charge is -2.21. The van der Waals surface area contributed by atoms with Crippen LogP contribution in [0.5, 0.6) is 0 Å². The van der Waals surface area contributed by atoms with Crippen LogP contribution >= 0.6 is 0 Å². The minimum absolute atomic E-state index is 0.165. The van der Waals surface area contributed by atoms with E-state index in [0.29, 0.717) is 30.3 Å². The molecule has 0 bridgehead atoms. The van der Waals surface area contributed by atoms with Crippen LogP contribution in [0, 0.1) is 12.8 Å². The predicted molar refractivity (Wildman–Crippen MR) is 161 cm³/mol. The highest BCUT2D eigenvalue weighted by Gasteiger charge is 2.22. The maximum absolute atomic E-state index is 13.1. The quantitative estimate of drug-likeness (QED) is 0.196. The van der Waals surface area contributed by atoms with Crippen molar-refractivity contribution in [2.24, 2.45) is 5.92 Å². The zero-order valence-corrected chi connectivity index (χ0v) is 24.3. The number of hydrogen-bond donors (Lipinski definition) is 4. The summed E-state index contributed by atoms with van der Waals surface area (Å²) in [6.45, 7) is 6.74. The number of hydrogen-bond acceptors (Lipinski definition) is 4. The second kappa shape index (κ2) is 15.1. The summed E-state index contributed by atoms with van der Waals surface area (Å²) in [5.74, 6) is 0.173. The molecule has 0 saturated carbocycles. The molecule has 0 aliphatic rings. The summed E-state index contributed by atoms with van der Waals surface area (Å²) in [6, 6.07) is 21.2. The average molecular weight is 565 g/mol. The van der Waals surface area contributed by atoms with Crippen LogP contribution in [0.25, 0.3) is 0 Å². The summed E-state index contributed by atoms with van der Waals surface area (Å²) in [4.78, 5) is 26.2. The van der Waals surface area contributed by atoms with Gasteiger partial charge in [-0.25, -0.2) is 13.2 Å². The maximum Gasteiger partial charge on any atom is 0.319 e. The number of anilines is 2. The third kappa shape index (κ3) is 9.72. The Bertz CT molecular complexity index is 1330. The zero-order valence-electron chi connectivity index (χ0n) is 23.4. The van der Waals surface area contributed by atoms with Gasteiger partial charge in [0.1, 0.15) is 6.04 Å². The first-order valence-electron chi connectivity index (χ1n) is 13.8. The van der Waals surface area contributed by atoms with Crippen molar-refractivity contribution in [2.75, 3.05) is 16.6 Å². The summed E-state index contributed by atoms with van der Waals surface area (Å²) in [6.07, 6.45) is 4.62. The molecule has 0 radical (unpaired) electrons. The van der Waals surface area contributed by atoms with Crippen LogP contribution < -0.4 is 20.7 Å². The molecule has 3 aromatic carbocycles. The Balaban J connectivity index is 1.62. The fraction of sp³-hybridized carbons (Fsp3) is 0.355. The van der Waals surface area contributed by atoms with Crippen LogP contribution in [-0.4, -0.2) is 32.9 Å². The molecule has 0 heterocycles. The SMILES string of the molecule is CCCCC(CC)CNC(=O)[C@@H](Cc1ccccc1)NC(=O)Nc1ccc(NS(=O)(=O)c2ccc(C)cc2)cc1. The molecule has 8 nitrogen and oxygen atoms in total. The summed E-state index contributed by atoms with van der Waals surface area (Å²) >= 11 is 0. The average Bonchev–Trinajstić information content (AvgIpc) is 2.94.